The largest absolute Gasteiger partial charge is 0.449 e. The molecule has 25 heavy (non-hydrogen) atoms. The molecule has 0 radical (unpaired) electrons. The summed E-state index contributed by atoms with van der Waals surface area (Å²) in [5.41, 5.74) is 6.44. The Kier molecular flexibility index (Phi) is 5.43. The van der Waals surface area contributed by atoms with E-state index in [1.807, 2.05) is 6.92 Å². The first-order valence-electron chi connectivity index (χ1n) is 7.39. The molecule has 132 valence electrons. The van der Waals surface area contributed by atoms with E-state index in [9.17, 15) is 18.0 Å². The van der Waals surface area contributed by atoms with Crippen molar-refractivity contribution >= 4 is 27.6 Å². The Morgan fingerprint density at radius 1 is 1.12 bits per heavy atom. The van der Waals surface area contributed by atoms with Gasteiger partial charge in [-0.25, -0.2) is 13.2 Å². The molecule has 0 aromatic heterocycles. The summed E-state index contributed by atoms with van der Waals surface area (Å²) in [6, 6.07) is 12.2. The van der Waals surface area contributed by atoms with Gasteiger partial charge in [-0.2, -0.15) is 0 Å². The zero-order valence-electron chi connectivity index (χ0n) is 13.7. The summed E-state index contributed by atoms with van der Waals surface area (Å²) in [6.45, 7) is 3.22. The molecule has 0 aliphatic carbocycles. The summed E-state index contributed by atoms with van der Waals surface area (Å²) in [4.78, 5) is 22.8. The minimum atomic E-state index is -3.88. The number of rotatable bonds is 6. The first kappa shape index (κ1) is 18.5. The number of primary amides is 1. The number of hydrogen-bond donors (Lipinski definition) is 2. The standard InChI is InChI=1S/C17H18N2O5S/c1-11-6-8-14(9-7-11)19-25(22,23)15-5-3-4-13(10-15)17(21)24-12(2)16(18)20/h3-10,12,19H,1-2H3,(H2,18,20). The Morgan fingerprint density at radius 3 is 2.36 bits per heavy atom. The fourth-order valence-corrected chi connectivity index (χ4v) is 3.02. The van der Waals surface area contributed by atoms with Gasteiger partial charge in [-0.15, -0.1) is 0 Å². The van der Waals surface area contributed by atoms with Crippen molar-refractivity contribution in [3.05, 3.63) is 59.7 Å². The van der Waals surface area contributed by atoms with E-state index in [4.69, 9.17) is 10.5 Å². The maximum atomic E-state index is 12.5. The molecule has 2 aromatic rings. The lowest BCUT2D eigenvalue weighted by atomic mass is 10.2. The number of sulfonamides is 1. The molecule has 3 N–H and O–H groups in total. The van der Waals surface area contributed by atoms with E-state index in [2.05, 4.69) is 4.72 Å². The zero-order chi connectivity index (χ0) is 18.6. The molecule has 0 aliphatic rings. The molecule has 0 saturated heterocycles. The van der Waals surface area contributed by atoms with Crippen LogP contribution in [0.4, 0.5) is 5.69 Å². The summed E-state index contributed by atoms with van der Waals surface area (Å²) < 4.78 is 32.2. The minimum absolute atomic E-state index is 0.000110. The Morgan fingerprint density at radius 2 is 1.76 bits per heavy atom. The highest BCUT2D eigenvalue weighted by Crippen LogP contribution is 2.18. The number of nitrogens with two attached hydrogens (primary N) is 1. The average Bonchev–Trinajstić information content (AvgIpc) is 2.56. The van der Waals surface area contributed by atoms with Gasteiger partial charge >= 0.3 is 5.97 Å². The predicted molar refractivity (Wildman–Crippen MR) is 92.5 cm³/mol. The molecule has 1 unspecified atom stereocenters. The van der Waals surface area contributed by atoms with Gasteiger partial charge in [0.1, 0.15) is 0 Å². The first-order valence-corrected chi connectivity index (χ1v) is 8.87. The maximum absolute atomic E-state index is 12.5. The Hall–Kier alpha value is -2.87. The molecule has 0 bridgehead atoms. The van der Waals surface area contributed by atoms with Crippen molar-refractivity contribution in [2.24, 2.45) is 5.73 Å². The number of aryl methyl sites for hydroxylation is 1. The lowest BCUT2D eigenvalue weighted by molar-refractivity contribution is -0.125. The van der Waals surface area contributed by atoms with E-state index in [1.54, 1.807) is 24.3 Å². The molecule has 1 atom stereocenters. The van der Waals surface area contributed by atoms with E-state index >= 15 is 0 Å². The van der Waals surface area contributed by atoms with E-state index < -0.39 is 28.0 Å². The smallest absolute Gasteiger partial charge is 0.338 e. The predicted octanol–water partition coefficient (Wildman–Crippen LogP) is 1.83. The van der Waals surface area contributed by atoms with Crippen LogP contribution in [-0.2, 0) is 19.6 Å². The van der Waals surface area contributed by atoms with Gasteiger partial charge in [0.05, 0.1) is 10.5 Å². The van der Waals surface area contributed by atoms with Crippen molar-refractivity contribution in [3.63, 3.8) is 0 Å². The van der Waals surface area contributed by atoms with Gasteiger partial charge in [0.2, 0.25) is 0 Å². The second-order valence-corrected chi connectivity index (χ2v) is 7.13. The number of benzene rings is 2. The van der Waals surface area contributed by atoms with Crippen molar-refractivity contribution in [1.82, 2.24) is 0 Å². The highest BCUT2D eigenvalue weighted by atomic mass is 32.2. The lowest BCUT2D eigenvalue weighted by Gasteiger charge is -2.11. The number of amides is 1. The second kappa shape index (κ2) is 7.35. The van der Waals surface area contributed by atoms with Gasteiger partial charge in [0.15, 0.2) is 6.10 Å². The van der Waals surface area contributed by atoms with E-state index in [0.29, 0.717) is 5.69 Å². The van der Waals surface area contributed by atoms with Crippen LogP contribution in [0.25, 0.3) is 0 Å². The molecule has 1 amide bonds. The Labute approximate surface area is 145 Å². The summed E-state index contributed by atoms with van der Waals surface area (Å²) in [5.74, 6) is -1.63. The quantitative estimate of drug-likeness (QED) is 0.761. The molecule has 0 spiro atoms. The van der Waals surface area contributed by atoms with Gasteiger partial charge in [-0.1, -0.05) is 23.8 Å². The normalized spacial score (nSPS) is 12.2. The number of carbonyl (C=O) groups excluding carboxylic acids is 2. The Balaban J connectivity index is 2.23. The van der Waals surface area contributed by atoms with Crippen LogP contribution >= 0.6 is 0 Å². The summed E-state index contributed by atoms with van der Waals surface area (Å²) >= 11 is 0. The third-order valence-corrected chi connectivity index (χ3v) is 4.75. The van der Waals surface area contributed by atoms with Crippen molar-refractivity contribution in [2.75, 3.05) is 4.72 Å². The molecule has 0 saturated carbocycles. The molecule has 8 heteroatoms. The van der Waals surface area contributed by atoms with Crippen LogP contribution in [0, 0.1) is 6.92 Å². The third-order valence-electron chi connectivity index (χ3n) is 3.37. The fourth-order valence-electron chi connectivity index (χ4n) is 1.91. The molecule has 2 aromatic carbocycles. The van der Waals surface area contributed by atoms with Crippen LogP contribution in [0.5, 0.6) is 0 Å². The van der Waals surface area contributed by atoms with E-state index in [1.165, 1.54) is 31.2 Å². The molecule has 0 fully saturated rings. The van der Waals surface area contributed by atoms with Crippen LogP contribution in [-0.4, -0.2) is 26.4 Å². The highest BCUT2D eigenvalue weighted by Gasteiger charge is 2.20. The number of ether oxygens (including phenoxy) is 1. The van der Waals surface area contributed by atoms with Crippen LogP contribution in [0.2, 0.25) is 0 Å². The van der Waals surface area contributed by atoms with Crippen molar-refractivity contribution in [2.45, 2.75) is 24.8 Å². The monoisotopic (exact) mass is 362 g/mol. The maximum Gasteiger partial charge on any atom is 0.338 e. The molecular weight excluding hydrogens is 344 g/mol. The number of carbonyl (C=O) groups is 2. The molecule has 0 aliphatic heterocycles. The number of anilines is 1. The fraction of sp³-hybridized carbons (Fsp3) is 0.176. The summed E-state index contributed by atoms with van der Waals surface area (Å²) in [7, 11) is -3.88. The second-order valence-electron chi connectivity index (χ2n) is 5.45. The van der Waals surface area contributed by atoms with Gasteiger partial charge < -0.3 is 10.5 Å². The summed E-state index contributed by atoms with van der Waals surface area (Å²) in [6.07, 6.45) is -1.11. The highest BCUT2D eigenvalue weighted by molar-refractivity contribution is 7.92. The Bertz CT molecular complexity index is 892. The van der Waals surface area contributed by atoms with Crippen LogP contribution < -0.4 is 10.5 Å². The van der Waals surface area contributed by atoms with Crippen molar-refractivity contribution in [1.29, 1.82) is 0 Å². The van der Waals surface area contributed by atoms with E-state index in [0.717, 1.165) is 5.56 Å². The molecule has 0 heterocycles. The van der Waals surface area contributed by atoms with Gasteiger partial charge in [0, 0.05) is 5.69 Å². The summed E-state index contributed by atoms with van der Waals surface area (Å²) in [5, 5.41) is 0. The van der Waals surface area contributed by atoms with E-state index in [-0.39, 0.29) is 10.5 Å². The number of esters is 1. The van der Waals surface area contributed by atoms with Crippen molar-refractivity contribution < 1.29 is 22.7 Å². The SMILES string of the molecule is Cc1ccc(NS(=O)(=O)c2cccc(C(=O)OC(C)C(N)=O)c2)cc1. The van der Waals surface area contributed by atoms with Gasteiger partial charge in [-0.05, 0) is 44.2 Å². The third kappa shape index (κ3) is 4.80. The molecule has 2 rings (SSSR count). The lowest BCUT2D eigenvalue weighted by Crippen LogP contribution is -2.30. The molecule has 7 nitrogen and oxygen atoms in total. The van der Waals surface area contributed by atoms with Crippen LogP contribution in [0.1, 0.15) is 22.8 Å². The zero-order valence-corrected chi connectivity index (χ0v) is 14.5. The topological polar surface area (TPSA) is 116 Å². The van der Waals surface area contributed by atoms with Crippen LogP contribution in [0.15, 0.2) is 53.4 Å². The molecular formula is C17H18N2O5S. The van der Waals surface area contributed by atoms with Gasteiger partial charge in [0.25, 0.3) is 15.9 Å². The average molecular weight is 362 g/mol. The van der Waals surface area contributed by atoms with Gasteiger partial charge in [-0.3, -0.25) is 9.52 Å². The van der Waals surface area contributed by atoms with Crippen molar-refractivity contribution in [3.8, 4) is 0 Å². The number of hydrogen-bond acceptors (Lipinski definition) is 5. The van der Waals surface area contributed by atoms with Crippen LogP contribution in [0.3, 0.4) is 0 Å². The first-order chi connectivity index (χ1) is 11.7. The minimum Gasteiger partial charge on any atom is -0.449 e. The number of nitrogens with one attached hydrogen (secondary N) is 1.